The second-order valence-corrected chi connectivity index (χ2v) is 10.1. The molecule has 1 saturated heterocycles. The summed E-state index contributed by atoms with van der Waals surface area (Å²) in [6.07, 6.45) is 0.497. The molecule has 0 spiro atoms. The number of likely N-dealkylation sites (tertiary alicyclic amines) is 1. The predicted octanol–water partition coefficient (Wildman–Crippen LogP) is 2.59. The quantitative estimate of drug-likeness (QED) is 0.531. The van der Waals surface area contributed by atoms with Crippen molar-refractivity contribution in [3.8, 4) is 0 Å². The highest BCUT2D eigenvalue weighted by Gasteiger charge is 2.34. The van der Waals surface area contributed by atoms with E-state index in [0.717, 1.165) is 5.56 Å². The molecule has 3 amide bonds. The number of piperidine rings is 1. The summed E-state index contributed by atoms with van der Waals surface area (Å²) < 4.78 is 5.35. The zero-order valence-corrected chi connectivity index (χ0v) is 20.7. The third-order valence-electron chi connectivity index (χ3n) is 5.68. The molecule has 34 heavy (non-hydrogen) atoms. The van der Waals surface area contributed by atoms with E-state index in [0.29, 0.717) is 32.4 Å². The number of aliphatic carboxylic acids is 1. The minimum absolute atomic E-state index is 0.235. The van der Waals surface area contributed by atoms with Gasteiger partial charge in [0.25, 0.3) is 0 Å². The summed E-state index contributed by atoms with van der Waals surface area (Å²) in [5, 5.41) is 14.6. The Balaban J connectivity index is 2.02. The van der Waals surface area contributed by atoms with Crippen LogP contribution in [0.15, 0.2) is 30.3 Å². The Morgan fingerprint density at radius 3 is 2.15 bits per heavy atom. The predicted molar refractivity (Wildman–Crippen MR) is 127 cm³/mol. The second kappa shape index (κ2) is 11.9. The molecule has 0 aromatic heterocycles. The summed E-state index contributed by atoms with van der Waals surface area (Å²) in [5.74, 6) is -2.20. The average Bonchev–Trinajstić information content (AvgIpc) is 2.75. The van der Waals surface area contributed by atoms with Gasteiger partial charge in [-0.3, -0.25) is 9.59 Å². The van der Waals surface area contributed by atoms with E-state index in [1.54, 1.807) is 39.5 Å². The highest BCUT2D eigenvalue weighted by Crippen LogP contribution is 2.20. The molecule has 9 heteroatoms. The van der Waals surface area contributed by atoms with E-state index in [1.807, 2.05) is 30.3 Å². The number of nitrogens with one attached hydrogen (secondary N) is 2. The van der Waals surface area contributed by atoms with Crippen molar-refractivity contribution < 1.29 is 29.0 Å². The van der Waals surface area contributed by atoms with Gasteiger partial charge in [-0.1, -0.05) is 44.2 Å². The summed E-state index contributed by atoms with van der Waals surface area (Å²) in [6.45, 7) is 9.44. The van der Waals surface area contributed by atoms with E-state index >= 15 is 0 Å². The third kappa shape index (κ3) is 8.35. The Bertz CT molecular complexity index is 857. The first kappa shape index (κ1) is 27.1. The first-order chi connectivity index (χ1) is 15.9. The number of nitrogens with zero attached hydrogens (tertiary/aromatic N) is 1. The van der Waals surface area contributed by atoms with Crippen LogP contribution in [0.1, 0.15) is 53.0 Å². The van der Waals surface area contributed by atoms with Crippen molar-refractivity contribution in [1.29, 1.82) is 0 Å². The minimum Gasteiger partial charge on any atom is -0.480 e. The number of benzene rings is 1. The molecule has 1 fully saturated rings. The molecule has 2 atom stereocenters. The van der Waals surface area contributed by atoms with E-state index < -0.39 is 29.7 Å². The van der Waals surface area contributed by atoms with E-state index in [4.69, 9.17) is 4.74 Å². The number of hydrogen-bond donors (Lipinski definition) is 3. The average molecular weight is 476 g/mol. The topological polar surface area (TPSA) is 125 Å². The summed E-state index contributed by atoms with van der Waals surface area (Å²) in [4.78, 5) is 51.3. The molecule has 188 valence electrons. The van der Waals surface area contributed by atoms with Crippen LogP contribution >= 0.6 is 0 Å². The van der Waals surface area contributed by atoms with E-state index in [1.165, 1.54) is 0 Å². The maximum atomic E-state index is 13.3. The van der Waals surface area contributed by atoms with Crippen molar-refractivity contribution in [2.24, 2.45) is 11.8 Å². The van der Waals surface area contributed by atoms with Gasteiger partial charge in [0.2, 0.25) is 11.8 Å². The normalized spacial score (nSPS) is 16.5. The summed E-state index contributed by atoms with van der Waals surface area (Å²) in [5.41, 5.74) is 0.208. The molecule has 9 nitrogen and oxygen atoms in total. The van der Waals surface area contributed by atoms with Crippen molar-refractivity contribution in [2.75, 3.05) is 13.1 Å². The van der Waals surface area contributed by atoms with Gasteiger partial charge in [0.1, 0.15) is 17.7 Å². The number of ether oxygens (including phenoxy) is 1. The molecule has 1 aliphatic rings. The molecule has 0 saturated carbocycles. The van der Waals surface area contributed by atoms with E-state index in [2.05, 4.69) is 10.6 Å². The fourth-order valence-corrected chi connectivity index (χ4v) is 3.87. The Labute approximate surface area is 201 Å². The smallest absolute Gasteiger partial charge is 0.408 e. The highest BCUT2D eigenvalue weighted by molar-refractivity contribution is 5.87. The van der Waals surface area contributed by atoms with Gasteiger partial charge in [-0.05, 0) is 45.1 Å². The van der Waals surface area contributed by atoms with E-state index in [9.17, 15) is 24.3 Å². The van der Waals surface area contributed by atoms with Gasteiger partial charge in [0.05, 0.1) is 0 Å². The standard InChI is InChI=1S/C25H37N3O6/c1-16(2)20(23(31)32)27-21(29)18-11-13-28(14-12-18)22(30)19(15-17-9-7-6-8-10-17)26-24(33)34-25(3,4)5/h6-10,16,18-20H,11-15H2,1-5H3,(H,26,33)(H,27,29)(H,31,32)/t19-,20-/m0/s1. The number of rotatable bonds is 8. The molecule has 0 aliphatic carbocycles. The van der Waals surface area contributed by atoms with Crippen molar-refractivity contribution in [2.45, 2.75) is 71.6 Å². The van der Waals surface area contributed by atoms with Gasteiger partial charge in [-0.15, -0.1) is 0 Å². The number of carboxylic acid groups (broad SMARTS) is 1. The van der Waals surface area contributed by atoms with Crippen molar-refractivity contribution in [1.82, 2.24) is 15.5 Å². The maximum absolute atomic E-state index is 13.3. The van der Waals surface area contributed by atoms with Crippen LogP contribution in [-0.4, -0.2) is 64.7 Å². The lowest BCUT2D eigenvalue weighted by molar-refractivity contribution is -0.144. The van der Waals surface area contributed by atoms with Gasteiger partial charge in [-0.2, -0.15) is 0 Å². The van der Waals surface area contributed by atoms with Crippen LogP contribution in [0.5, 0.6) is 0 Å². The van der Waals surface area contributed by atoms with Crippen molar-refractivity contribution in [3.63, 3.8) is 0 Å². The fourth-order valence-electron chi connectivity index (χ4n) is 3.87. The van der Waals surface area contributed by atoms with E-state index in [-0.39, 0.29) is 23.7 Å². The lowest BCUT2D eigenvalue weighted by atomic mass is 9.93. The minimum atomic E-state index is -1.06. The Morgan fingerprint density at radius 2 is 1.65 bits per heavy atom. The molecule has 3 N–H and O–H groups in total. The molecule has 1 aromatic carbocycles. The molecular weight excluding hydrogens is 438 g/mol. The lowest BCUT2D eigenvalue weighted by Gasteiger charge is -2.34. The fraction of sp³-hybridized carbons (Fsp3) is 0.600. The highest BCUT2D eigenvalue weighted by atomic mass is 16.6. The SMILES string of the molecule is CC(C)[C@H](NC(=O)C1CCN(C(=O)[C@H](Cc2ccccc2)NC(=O)OC(C)(C)C)CC1)C(=O)O. The van der Waals surface area contributed by atoms with Crippen molar-refractivity contribution >= 4 is 23.9 Å². The number of carboxylic acids is 1. The molecule has 1 aliphatic heterocycles. The first-order valence-corrected chi connectivity index (χ1v) is 11.7. The number of hydrogen-bond acceptors (Lipinski definition) is 5. The molecule has 0 unspecified atom stereocenters. The number of amides is 3. The summed E-state index contributed by atoms with van der Waals surface area (Å²) in [6, 6.07) is 7.65. The largest absolute Gasteiger partial charge is 0.480 e. The van der Waals surface area contributed by atoms with Crippen LogP contribution in [0.25, 0.3) is 0 Å². The number of carbonyl (C=O) groups excluding carboxylic acids is 3. The molecule has 2 rings (SSSR count). The lowest BCUT2D eigenvalue weighted by Crippen LogP contribution is -2.54. The van der Waals surface area contributed by atoms with Gasteiger partial charge in [0, 0.05) is 25.4 Å². The number of carbonyl (C=O) groups is 4. The van der Waals surface area contributed by atoms with Gasteiger partial charge < -0.3 is 25.4 Å². The second-order valence-electron chi connectivity index (χ2n) is 10.1. The third-order valence-corrected chi connectivity index (χ3v) is 5.68. The zero-order chi connectivity index (χ0) is 25.5. The molecular formula is C25H37N3O6. The van der Waals surface area contributed by atoms with Crippen LogP contribution < -0.4 is 10.6 Å². The zero-order valence-electron chi connectivity index (χ0n) is 20.7. The summed E-state index contributed by atoms with van der Waals surface area (Å²) in [7, 11) is 0. The van der Waals surface area contributed by atoms with Gasteiger partial charge in [-0.25, -0.2) is 9.59 Å². The van der Waals surface area contributed by atoms with Crippen LogP contribution in [0.2, 0.25) is 0 Å². The van der Waals surface area contributed by atoms with Crippen LogP contribution in [0.3, 0.4) is 0 Å². The van der Waals surface area contributed by atoms with Gasteiger partial charge in [0.15, 0.2) is 0 Å². The van der Waals surface area contributed by atoms with Crippen LogP contribution in [0.4, 0.5) is 4.79 Å². The molecule has 1 heterocycles. The Morgan fingerprint density at radius 1 is 1.06 bits per heavy atom. The Hall–Kier alpha value is -3.10. The van der Waals surface area contributed by atoms with Crippen LogP contribution in [-0.2, 0) is 25.5 Å². The maximum Gasteiger partial charge on any atom is 0.408 e. The van der Waals surface area contributed by atoms with Gasteiger partial charge >= 0.3 is 12.1 Å². The number of alkyl carbamates (subject to hydrolysis) is 1. The monoisotopic (exact) mass is 475 g/mol. The Kier molecular flexibility index (Phi) is 9.46. The molecule has 0 radical (unpaired) electrons. The first-order valence-electron chi connectivity index (χ1n) is 11.7. The molecule has 1 aromatic rings. The summed E-state index contributed by atoms with van der Waals surface area (Å²) >= 11 is 0. The molecule has 0 bridgehead atoms. The van der Waals surface area contributed by atoms with Crippen molar-refractivity contribution in [3.05, 3.63) is 35.9 Å². The van der Waals surface area contributed by atoms with Crippen LogP contribution in [0, 0.1) is 11.8 Å².